The summed E-state index contributed by atoms with van der Waals surface area (Å²) in [6.07, 6.45) is 4.18. The van der Waals surface area contributed by atoms with Gasteiger partial charge in [-0.05, 0) is 55.8 Å². The highest BCUT2D eigenvalue weighted by Crippen LogP contribution is 2.33. The smallest absolute Gasteiger partial charge is 0.0920 e. The molecule has 0 aliphatic carbocycles. The highest BCUT2D eigenvalue weighted by atomic mass is 35.5. The highest BCUT2D eigenvalue weighted by Gasteiger charge is 2.33. The predicted octanol–water partition coefficient (Wildman–Crippen LogP) is 4.06. The summed E-state index contributed by atoms with van der Waals surface area (Å²) in [4.78, 5) is 2.48. The highest BCUT2D eigenvalue weighted by molar-refractivity contribution is 6.30. The second-order valence-corrected chi connectivity index (χ2v) is 6.85. The summed E-state index contributed by atoms with van der Waals surface area (Å²) in [6.45, 7) is 7.67. The van der Waals surface area contributed by atoms with Crippen LogP contribution in [-0.2, 0) is 5.60 Å². The molecule has 112 valence electrons. The Hall–Kier alpha value is -0.570. The standard InChI is InChI=1S/C17H26ClNO/c1-14(2)4-3-11-19-12-9-17(20,10-13-19)15-5-7-16(18)8-6-15/h5-8,14,20H,3-4,9-13H2,1-2H3. The number of halogens is 1. The van der Waals surface area contributed by atoms with E-state index < -0.39 is 5.60 Å². The van der Waals surface area contributed by atoms with Gasteiger partial charge in [0.2, 0.25) is 0 Å². The van der Waals surface area contributed by atoms with Gasteiger partial charge in [0.1, 0.15) is 0 Å². The molecule has 1 aromatic rings. The van der Waals surface area contributed by atoms with Crippen molar-refractivity contribution in [3.63, 3.8) is 0 Å². The molecule has 20 heavy (non-hydrogen) atoms. The van der Waals surface area contributed by atoms with Crippen molar-refractivity contribution in [2.24, 2.45) is 5.92 Å². The lowest BCUT2D eigenvalue weighted by Crippen LogP contribution is -2.42. The molecule has 0 bridgehead atoms. The lowest BCUT2D eigenvalue weighted by molar-refractivity contribution is -0.0262. The third kappa shape index (κ3) is 4.21. The minimum atomic E-state index is -0.668. The number of hydrogen-bond acceptors (Lipinski definition) is 2. The van der Waals surface area contributed by atoms with Gasteiger partial charge in [0.15, 0.2) is 0 Å². The minimum Gasteiger partial charge on any atom is -0.385 e. The van der Waals surface area contributed by atoms with Crippen LogP contribution in [0.4, 0.5) is 0 Å². The molecule has 0 spiro atoms. The maximum atomic E-state index is 10.8. The summed E-state index contributed by atoms with van der Waals surface area (Å²) in [6, 6.07) is 7.64. The molecule has 1 fully saturated rings. The lowest BCUT2D eigenvalue weighted by Gasteiger charge is -2.38. The summed E-state index contributed by atoms with van der Waals surface area (Å²) in [5, 5.41) is 11.5. The van der Waals surface area contributed by atoms with E-state index >= 15 is 0 Å². The Morgan fingerprint density at radius 3 is 2.35 bits per heavy atom. The summed E-state index contributed by atoms with van der Waals surface area (Å²) >= 11 is 5.91. The van der Waals surface area contributed by atoms with Crippen LogP contribution in [0.2, 0.25) is 5.02 Å². The lowest BCUT2D eigenvalue weighted by atomic mass is 9.84. The molecule has 0 saturated carbocycles. The van der Waals surface area contributed by atoms with E-state index in [-0.39, 0.29) is 0 Å². The van der Waals surface area contributed by atoms with Crippen molar-refractivity contribution in [2.45, 2.75) is 45.1 Å². The van der Waals surface area contributed by atoms with Gasteiger partial charge in [-0.2, -0.15) is 0 Å². The second-order valence-electron chi connectivity index (χ2n) is 6.42. The minimum absolute atomic E-state index is 0.668. The molecule has 0 atom stereocenters. The quantitative estimate of drug-likeness (QED) is 0.885. The topological polar surface area (TPSA) is 23.5 Å². The average Bonchev–Trinajstić information content (AvgIpc) is 2.41. The molecule has 2 rings (SSSR count). The third-order valence-corrected chi connectivity index (χ3v) is 4.57. The maximum absolute atomic E-state index is 10.8. The van der Waals surface area contributed by atoms with E-state index in [1.54, 1.807) is 0 Å². The van der Waals surface area contributed by atoms with Gasteiger partial charge in [-0.15, -0.1) is 0 Å². The zero-order valence-corrected chi connectivity index (χ0v) is 13.4. The molecule has 0 unspecified atom stereocenters. The van der Waals surface area contributed by atoms with Gasteiger partial charge in [-0.1, -0.05) is 37.6 Å². The van der Waals surface area contributed by atoms with Crippen molar-refractivity contribution < 1.29 is 5.11 Å². The van der Waals surface area contributed by atoms with Gasteiger partial charge < -0.3 is 10.0 Å². The molecule has 0 aromatic heterocycles. The molecule has 0 radical (unpaired) electrons. The van der Waals surface area contributed by atoms with Crippen LogP contribution in [0.25, 0.3) is 0 Å². The molecule has 1 saturated heterocycles. The first-order valence-corrected chi connectivity index (χ1v) is 8.08. The number of piperidine rings is 1. The Kier molecular flexibility index (Phi) is 5.48. The first-order valence-electron chi connectivity index (χ1n) is 7.70. The van der Waals surface area contributed by atoms with Gasteiger partial charge in [0.25, 0.3) is 0 Å². The molecular weight excluding hydrogens is 270 g/mol. The number of benzene rings is 1. The number of nitrogens with zero attached hydrogens (tertiary/aromatic N) is 1. The van der Waals surface area contributed by atoms with Crippen molar-refractivity contribution in [3.8, 4) is 0 Å². The molecule has 3 heteroatoms. The first kappa shape index (κ1) is 15.8. The zero-order valence-electron chi connectivity index (χ0n) is 12.6. The zero-order chi connectivity index (χ0) is 14.6. The molecule has 1 aliphatic heterocycles. The molecule has 1 aromatic carbocycles. The van der Waals surface area contributed by atoms with Crippen molar-refractivity contribution in [3.05, 3.63) is 34.9 Å². The van der Waals surface area contributed by atoms with Crippen LogP contribution in [0.3, 0.4) is 0 Å². The SMILES string of the molecule is CC(C)CCCN1CCC(O)(c2ccc(Cl)cc2)CC1. The number of rotatable bonds is 5. The van der Waals surface area contributed by atoms with Crippen molar-refractivity contribution in [2.75, 3.05) is 19.6 Å². The summed E-state index contributed by atoms with van der Waals surface area (Å²) in [7, 11) is 0. The van der Waals surface area contributed by atoms with Crippen molar-refractivity contribution in [1.29, 1.82) is 0 Å². The monoisotopic (exact) mass is 295 g/mol. The van der Waals surface area contributed by atoms with Gasteiger partial charge in [-0.3, -0.25) is 0 Å². The Morgan fingerprint density at radius 1 is 1.20 bits per heavy atom. The number of aliphatic hydroxyl groups is 1. The number of hydrogen-bond donors (Lipinski definition) is 1. The Bertz CT molecular complexity index is 408. The van der Waals surface area contributed by atoms with Crippen LogP contribution in [-0.4, -0.2) is 29.6 Å². The van der Waals surface area contributed by atoms with E-state index in [0.29, 0.717) is 0 Å². The molecule has 1 aliphatic rings. The Labute approximate surface area is 127 Å². The fourth-order valence-electron chi connectivity index (χ4n) is 2.92. The summed E-state index contributed by atoms with van der Waals surface area (Å²) in [5.74, 6) is 0.783. The van der Waals surface area contributed by atoms with Crippen LogP contribution in [0, 0.1) is 5.92 Å². The van der Waals surface area contributed by atoms with Crippen LogP contribution in [0.1, 0.15) is 45.1 Å². The van der Waals surface area contributed by atoms with Crippen LogP contribution >= 0.6 is 11.6 Å². The largest absolute Gasteiger partial charge is 0.385 e. The van der Waals surface area contributed by atoms with E-state index in [4.69, 9.17) is 11.6 Å². The number of likely N-dealkylation sites (tertiary alicyclic amines) is 1. The maximum Gasteiger partial charge on any atom is 0.0920 e. The Morgan fingerprint density at radius 2 is 1.80 bits per heavy atom. The van der Waals surface area contributed by atoms with E-state index in [9.17, 15) is 5.11 Å². The average molecular weight is 296 g/mol. The van der Waals surface area contributed by atoms with Crippen molar-refractivity contribution in [1.82, 2.24) is 4.90 Å². The van der Waals surface area contributed by atoms with Gasteiger partial charge in [0.05, 0.1) is 5.60 Å². The molecule has 2 nitrogen and oxygen atoms in total. The molecule has 0 amide bonds. The van der Waals surface area contributed by atoms with E-state index in [1.807, 2.05) is 24.3 Å². The van der Waals surface area contributed by atoms with Gasteiger partial charge >= 0.3 is 0 Å². The van der Waals surface area contributed by atoms with Gasteiger partial charge in [0, 0.05) is 18.1 Å². The van der Waals surface area contributed by atoms with Crippen molar-refractivity contribution >= 4 is 11.6 Å². The third-order valence-electron chi connectivity index (χ3n) is 4.32. The molecular formula is C17H26ClNO. The molecule has 1 N–H and O–H groups in total. The van der Waals surface area contributed by atoms with E-state index in [0.717, 1.165) is 49.0 Å². The molecule has 1 heterocycles. The van der Waals surface area contributed by atoms with E-state index in [1.165, 1.54) is 12.8 Å². The van der Waals surface area contributed by atoms with Crippen LogP contribution in [0.15, 0.2) is 24.3 Å². The van der Waals surface area contributed by atoms with Crippen LogP contribution < -0.4 is 0 Å². The van der Waals surface area contributed by atoms with Crippen LogP contribution in [0.5, 0.6) is 0 Å². The fraction of sp³-hybridized carbons (Fsp3) is 0.647. The van der Waals surface area contributed by atoms with E-state index in [2.05, 4.69) is 18.7 Å². The fourth-order valence-corrected chi connectivity index (χ4v) is 3.04. The summed E-state index contributed by atoms with van der Waals surface area (Å²) < 4.78 is 0. The van der Waals surface area contributed by atoms with Gasteiger partial charge in [-0.25, -0.2) is 0 Å². The second kappa shape index (κ2) is 6.93. The first-order chi connectivity index (χ1) is 9.49. The normalized spacial score (nSPS) is 19.4. The Balaban J connectivity index is 1.85. The summed E-state index contributed by atoms with van der Waals surface area (Å²) in [5.41, 5.74) is 0.336. The predicted molar refractivity (Wildman–Crippen MR) is 85.1 cm³/mol.